The summed E-state index contributed by atoms with van der Waals surface area (Å²) >= 11 is 6.05. The number of carbonyl (C=O) groups excluding carboxylic acids is 2. The quantitative estimate of drug-likeness (QED) is 0.600. The zero-order valence-corrected chi connectivity index (χ0v) is 16.7. The van der Waals surface area contributed by atoms with E-state index in [1.54, 1.807) is 36.4 Å². The SMILES string of the molecule is Cc1ccc(NC(=O)COc2ccc(C(=O)NCc3ccccc3)cc2)cc1Cl. The minimum atomic E-state index is -0.297. The highest BCUT2D eigenvalue weighted by molar-refractivity contribution is 6.31. The number of benzene rings is 3. The maximum atomic E-state index is 12.2. The van der Waals surface area contributed by atoms with Gasteiger partial charge in [0.15, 0.2) is 6.61 Å². The van der Waals surface area contributed by atoms with Crippen LogP contribution >= 0.6 is 11.6 Å². The van der Waals surface area contributed by atoms with Crippen molar-refractivity contribution in [1.29, 1.82) is 0 Å². The van der Waals surface area contributed by atoms with E-state index in [9.17, 15) is 9.59 Å². The van der Waals surface area contributed by atoms with Crippen molar-refractivity contribution in [2.45, 2.75) is 13.5 Å². The van der Waals surface area contributed by atoms with Gasteiger partial charge < -0.3 is 15.4 Å². The van der Waals surface area contributed by atoms with E-state index in [1.165, 1.54) is 0 Å². The first kappa shape index (κ1) is 20.4. The molecule has 0 atom stereocenters. The van der Waals surface area contributed by atoms with E-state index < -0.39 is 0 Å². The van der Waals surface area contributed by atoms with Crippen LogP contribution in [0.5, 0.6) is 5.75 Å². The van der Waals surface area contributed by atoms with Gasteiger partial charge in [-0.25, -0.2) is 0 Å². The van der Waals surface area contributed by atoms with Crippen LogP contribution in [-0.4, -0.2) is 18.4 Å². The second-order valence-corrected chi connectivity index (χ2v) is 6.90. The fourth-order valence-electron chi connectivity index (χ4n) is 2.60. The van der Waals surface area contributed by atoms with Crippen LogP contribution in [0, 0.1) is 6.92 Å². The van der Waals surface area contributed by atoms with E-state index in [0.717, 1.165) is 11.1 Å². The van der Waals surface area contributed by atoms with Crippen molar-refractivity contribution >= 4 is 29.1 Å². The van der Waals surface area contributed by atoms with Crippen LogP contribution in [0.4, 0.5) is 5.69 Å². The molecule has 0 aromatic heterocycles. The third-order valence-electron chi connectivity index (χ3n) is 4.24. The van der Waals surface area contributed by atoms with Gasteiger partial charge in [-0.05, 0) is 54.4 Å². The summed E-state index contributed by atoms with van der Waals surface area (Å²) in [6, 6.07) is 21.6. The van der Waals surface area contributed by atoms with E-state index in [2.05, 4.69) is 10.6 Å². The molecule has 0 fully saturated rings. The number of aryl methyl sites for hydroxylation is 1. The molecular weight excluding hydrogens is 388 g/mol. The van der Waals surface area contributed by atoms with Gasteiger partial charge in [0.2, 0.25) is 0 Å². The molecule has 6 heteroatoms. The second kappa shape index (κ2) is 9.75. The minimum absolute atomic E-state index is 0.148. The molecule has 0 bridgehead atoms. The summed E-state index contributed by atoms with van der Waals surface area (Å²) in [6.07, 6.45) is 0. The number of rotatable bonds is 7. The minimum Gasteiger partial charge on any atom is -0.484 e. The molecule has 3 aromatic carbocycles. The van der Waals surface area contributed by atoms with Crippen molar-refractivity contribution in [1.82, 2.24) is 5.32 Å². The van der Waals surface area contributed by atoms with E-state index in [1.807, 2.05) is 43.3 Å². The number of amides is 2. The standard InChI is InChI=1S/C23H21ClN2O3/c1-16-7-10-19(13-21(16)24)26-22(27)15-29-20-11-8-18(9-12-20)23(28)25-14-17-5-3-2-4-6-17/h2-13H,14-15H2,1H3,(H,25,28)(H,26,27). The fraction of sp³-hybridized carbons (Fsp3) is 0.130. The third kappa shape index (κ3) is 6.09. The molecule has 0 unspecified atom stereocenters. The molecule has 3 aromatic rings. The zero-order valence-electron chi connectivity index (χ0n) is 15.9. The first-order valence-electron chi connectivity index (χ1n) is 9.12. The van der Waals surface area contributed by atoms with Crippen LogP contribution in [0.1, 0.15) is 21.5 Å². The molecule has 0 saturated carbocycles. The number of ether oxygens (including phenoxy) is 1. The van der Waals surface area contributed by atoms with Crippen molar-refractivity contribution in [2.75, 3.05) is 11.9 Å². The number of hydrogen-bond acceptors (Lipinski definition) is 3. The molecule has 0 heterocycles. The van der Waals surface area contributed by atoms with E-state index in [-0.39, 0.29) is 18.4 Å². The molecule has 0 radical (unpaired) electrons. The van der Waals surface area contributed by atoms with E-state index in [0.29, 0.717) is 28.6 Å². The molecule has 0 aliphatic heterocycles. The van der Waals surface area contributed by atoms with Crippen LogP contribution in [0.2, 0.25) is 5.02 Å². The Hall–Kier alpha value is -3.31. The lowest BCUT2D eigenvalue weighted by atomic mass is 10.2. The van der Waals surface area contributed by atoms with Gasteiger partial charge in [-0.15, -0.1) is 0 Å². The average Bonchev–Trinajstić information content (AvgIpc) is 2.74. The maximum Gasteiger partial charge on any atom is 0.262 e. The van der Waals surface area contributed by atoms with Crippen molar-refractivity contribution in [3.63, 3.8) is 0 Å². The number of halogens is 1. The largest absolute Gasteiger partial charge is 0.484 e. The summed E-state index contributed by atoms with van der Waals surface area (Å²) in [5.41, 5.74) is 3.10. The van der Waals surface area contributed by atoms with Gasteiger partial charge in [0.25, 0.3) is 11.8 Å². The fourth-order valence-corrected chi connectivity index (χ4v) is 2.78. The Kier molecular flexibility index (Phi) is 6.87. The first-order valence-corrected chi connectivity index (χ1v) is 9.50. The highest BCUT2D eigenvalue weighted by atomic mass is 35.5. The predicted molar refractivity (Wildman–Crippen MR) is 114 cm³/mol. The molecule has 5 nitrogen and oxygen atoms in total. The molecule has 2 N–H and O–H groups in total. The van der Waals surface area contributed by atoms with Gasteiger partial charge in [-0.1, -0.05) is 48.0 Å². The highest BCUT2D eigenvalue weighted by Crippen LogP contribution is 2.20. The number of anilines is 1. The Balaban J connectivity index is 1.47. The normalized spacial score (nSPS) is 10.3. The smallest absolute Gasteiger partial charge is 0.262 e. The van der Waals surface area contributed by atoms with Gasteiger partial charge in [0.05, 0.1) is 0 Å². The summed E-state index contributed by atoms with van der Waals surface area (Å²) in [6.45, 7) is 2.20. The molecule has 3 rings (SSSR count). The Labute approximate surface area is 174 Å². The van der Waals surface area contributed by atoms with Gasteiger partial charge in [0.1, 0.15) is 5.75 Å². The van der Waals surface area contributed by atoms with Crippen LogP contribution < -0.4 is 15.4 Å². The van der Waals surface area contributed by atoms with Crippen LogP contribution in [0.25, 0.3) is 0 Å². The van der Waals surface area contributed by atoms with Crippen molar-refractivity contribution < 1.29 is 14.3 Å². The number of carbonyl (C=O) groups is 2. The maximum absolute atomic E-state index is 12.2. The topological polar surface area (TPSA) is 67.4 Å². The summed E-state index contributed by atoms with van der Waals surface area (Å²) in [5, 5.41) is 6.18. The van der Waals surface area contributed by atoms with Crippen LogP contribution in [0.3, 0.4) is 0 Å². The Morgan fingerprint density at radius 1 is 0.966 bits per heavy atom. The van der Waals surface area contributed by atoms with E-state index >= 15 is 0 Å². The monoisotopic (exact) mass is 408 g/mol. The lowest BCUT2D eigenvalue weighted by molar-refractivity contribution is -0.118. The Morgan fingerprint density at radius 3 is 2.38 bits per heavy atom. The van der Waals surface area contributed by atoms with E-state index in [4.69, 9.17) is 16.3 Å². The van der Waals surface area contributed by atoms with Gasteiger partial charge in [-0.3, -0.25) is 9.59 Å². The first-order chi connectivity index (χ1) is 14.0. The van der Waals surface area contributed by atoms with Crippen LogP contribution in [-0.2, 0) is 11.3 Å². The zero-order chi connectivity index (χ0) is 20.6. The lowest BCUT2D eigenvalue weighted by Crippen LogP contribution is -2.22. The molecule has 0 aliphatic carbocycles. The lowest BCUT2D eigenvalue weighted by Gasteiger charge is -2.09. The van der Waals surface area contributed by atoms with Crippen molar-refractivity contribution in [2.24, 2.45) is 0 Å². The molecule has 0 saturated heterocycles. The van der Waals surface area contributed by atoms with Crippen molar-refractivity contribution in [3.05, 3.63) is 94.5 Å². The highest BCUT2D eigenvalue weighted by Gasteiger charge is 2.08. The predicted octanol–water partition coefficient (Wildman–Crippen LogP) is 4.60. The molecule has 29 heavy (non-hydrogen) atoms. The number of nitrogens with one attached hydrogen (secondary N) is 2. The summed E-state index contributed by atoms with van der Waals surface area (Å²) in [7, 11) is 0. The average molecular weight is 409 g/mol. The van der Waals surface area contributed by atoms with Crippen molar-refractivity contribution in [3.8, 4) is 5.75 Å². The third-order valence-corrected chi connectivity index (χ3v) is 4.65. The van der Waals surface area contributed by atoms with Crippen LogP contribution in [0.15, 0.2) is 72.8 Å². The second-order valence-electron chi connectivity index (χ2n) is 6.49. The number of hydrogen-bond donors (Lipinski definition) is 2. The summed E-state index contributed by atoms with van der Waals surface area (Å²) in [5.74, 6) is 0.0331. The summed E-state index contributed by atoms with van der Waals surface area (Å²) in [4.78, 5) is 24.3. The molecule has 148 valence electrons. The summed E-state index contributed by atoms with van der Waals surface area (Å²) < 4.78 is 5.48. The Bertz CT molecular complexity index is 989. The molecule has 2 amide bonds. The van der Waals surface area contributed by atoms with Gasteiger partial charge in [-0.2, -0.15) is 0 Å². The Morgan fingerprint density at radius 2 is 1.69 bits per heavy atom. The van der Waals surface area contributed by atoms with Gasteiger partial charge >= 0.3 is 0 Å². The molecule has 0 spiro atoms. The van der Waals surface area contributed by atoms with Gasteiger partial charge in [0, 0.05) is 22.8 Å². The molecule has 0 aliphatic rings. The molecular formula is C23H21ClN2O3.